The Bertz CT molecular complexity index is 955. The molecule has 120 valence electrons. The highest BCUT2D eigenvalue weighted by atomic mass is 16.2. The Morgan fingerprint density at radius 2 is 2.00 bits per heavy atom. The summed E-state index contributed by atoms with van der Waals surface area (Å²) in [4.78, 5) is 17.0. The van der Waals surface area contributed by atoms with E-state index in [1.165, 1.54) is 5.56 Å². The molecular formula is C19H18N4O. The number of aryl methyl sites for hydroxylation is 2. The maximum absolute atomic E-state index is 12.6. The molecule has 1 aliphatic rings. The van der Waals surface area contributed by atoms with Crippen molar-refractivity contribution in [1.82, 2.24) is 14.8 Å². The summed E-state index contributed by atoms with van der Waals surface area (Å²) in [5, 5.41) is 4.40. The molecule has 1 N–H and O–H groups in total. The first-order valence-corrected chi connectivity index (χ1v) is 8.13. The summed E-state index contributed by atoms with van der Waals surface area (Å²) < 4.78 is 1.79. The van der Waals surface area contributed by atoms with Crippen molar-refractivity contribution in [3.05, 3.63) is 71.2 Å². The van der Waals surface area contributed by atoms with Crippen molar-refractivity contribution in [2.75, 3.05) is 0 Å². The largest absolute Gasteiger partial charge is 0.295 e. The van der Waals surface area contributed by atoms with Gasteiger partial charge in [0, 0.05) is 11.8 Å². The third-order valence-corrected chi connectivity index (χ3v) is 4.40. The maximum atomic E-state index is 12.6. The molecule has 1 aromatic carbocycles. The molecule has 0 atom stereocenters. The number of rotatable bonds is 2. The summed E-state index contributed by atoms with van der Waals surface area (Å²) in [6.07, 6.45) is 4.84. The van der Waals surface area contributed by atoms with Gasteiger partial charge >= 0.3 is 0 Å². The van der Waals surface area contributed by atoms with Gasteiger partial charge in [0.2, 0.25) is 0 Å². The van der Waals surface area contributed by atoms with Crippen LogP contribution < -0.4 is 5.43 Å². The van der Waals surface area contributed by atoms with Gasteiger partial charge in [0.05, 0.1) is 11.4 Å². The van der Waals surface area contributed by atoms with Crippen molar-refractivity contribution in [3.63, 3.8) is 0 Å². The zero-order valence-corrected chi connectivity index (χ0v) is 13.5. The number of hydrazone groups is 1. The molecule has 0 fully saturated rings. The lowest BCUT2D eigenvalue weighted by Gasteiger charge is -2.17. The summed E-state index contributed by atoms with van der Waals surface area (Å²) in [7, 11) is 0. The van der Waals surface area contributed by atoms with Gasteiger partial charge in [-0.05, 0) is 43.9 Å². The molecule has 5 nitrogen and oxygen atoms in total. The van der Waals surface area contributed by atoms with Gasteiger partial charge < -0.3 is 0 Å². The van der Waals surface area contributed by atoms with Crippen LogP contribution in [0.15, 0.2) is 53.8 Å². The molecule has 1 aliphatic carbocycles. The van der Waals surface area contributed by atoms with E-state index in [1.807, 2.05) is 43.5 Å². The van der Waals surface area contributed by atoms with Crippen molar-refractivity contribution < 1.29 is 4.79 Å². The van der Waals surface area contributed by atoms with E-state index >= 15 is 0 Å². The van der Waals surface area contributed by atoms with Crippen LogP contribution in [0.1, 0.15) is 40.2 Å². The SMILES string of the molecule is Cc1nc2ccccn2c1C(=O)N/N=C1/CCCc2ccccc21. The summed E-state index contributed by atoms with van der Waals surface area (Å²) in [6.45, 7) is 1.84. The molecule has 24 heavy (non-hydrogen) atoms. The van der Waals surface area contributed by atoms with Crippen LogP contribution in [-0.4, -0.2) is 21.0 Å². The fourth-order valence-corrected chi connectivity index (χ4v) is 3.28. The Kier molecular flexibility index (Phi) is 3.61. The van der Waals surface area contributed by atoms with Crippen molar-refractivity contribution in [2.45, 2.75) is 26.2 Å². The number of carbonyl (C=O) groups excluding carboxylic acids is 1. The highest BCUT2D eigenvalue weighted by Gasteiger charge is 2.18. The highest BCUT2D eigenvalue weighted by molar-refractivity contribution is 6.04. The summed E-state index contributed by atoms with van der Waals surface area (Å²) >= 11 is 0. The van der Waals surface area contributed by atoms with Crippen LogP contribution in [0.5, 0.6) is 0 Å². The van der Waals surface area contributed by atoms with E-state index in [4.69, 9.17) is 0 Å². The Morgan fingerprint density at radius 1 is 1.17 bits per heavy atom. The molecule has 0 spiro atoms. The first-order chi connectivity index (χ1) is 11.7. The first kappa shape index (κ1) is 14.6. The summed E-state index contributed by atoms with van der Waals surface area (Å²) in [5.74, 6) is -0.234. The van der Waals surface area contributed by atoms with Gasteiger partial charge in [0.15, 0.2) is 0 Å². The lowest BCUT2D eigenvalue weighted by molar-refractivity contribution is 0.0948. The molecule has 0 aliphatic heterocycles. The Balaban J connectivity index is 1.64. The zero-order chi connectivity index (χ0) is 16.5. The van der Waals surface area contributed by atoms with Crippen molar-refractivity contribution in [1.29, 1.82) is 0 Å². The third-order valence-electron chi connectivity index (χ3n) is 4.40. The summed E-state index contributed by atoms with van der Waals surface area (Å²) in [6, 6.07) is 13.9. The van der Waals surface area contributed by atoms with Crippen molar-refractivity contribution in [2.24, 2.45) is 5.10 Å². The Labute approximate surface area is 140 Å². The number of nitrogens with zero attached hydrogens (tertiary/aromatic N) is 3. The number of carbonyl (C=O) groups is 1. The van der Waals surface area contributed by atoms with Crippen LogP contribution in [-0.2, 0) is 6.42 Å². The van der Waals surface area contributed by atoms with E-state index in [9.17, 15) is 4.79 Å². The molecule has 5 heteroatoms. The third kappa shape index (κ3) is 2.48. The number of fused-ring (bicyclic) bond motifs is 2. The number of hydrogen-bond donors (Lipinski definition) is 1. The maximum Gasteiger partial charge on any atom is 0.290 e. The molecule has 0 bridgehead atoms. The number of nitrogens with one attached hydrogen (secondary N) is 1. The number of aromatic nitrogens is 2. The molecule has 0 saturated carbocycles. The van der Waals surface area contributed by atoms with Crippen LogP contribution in [0, 0.1) is 6.92 Å². The van der Waals surface area contributed by atoms with E-state index in [-0.39, 0.29) is 5.91 Å². The van der Waals surface area contributed by atoms with Crippen molar-refractivity contribution in [3.8, 4) is 0 Å². The van der Waals surface area contributed by atoms with Crippen LogP contribution in [0.25, 0.3) is 5.65 Å². The lowest BCUT2D eigenvalue weighted by Crippen LogP contribution is -2.24. The average molecular weight is 318 g/mol. The van der Waals surface area contributed by atoms with E-state index in [2.05, 4.69) is 27.6 Å². The quantitative estimate of drug-likeness (QED) is 0.738. The lowest BCUT2D eigenvalue weighted by atomic mass is 9.90. The van der Waals surface area contributed by atoms with E-state index in [1.54, 1.807) is 4.40 Å². The normalized spacial score (nSPS) is 15.5. The first-order valence-electron chi connectivity index (χ1n) is 8.13. The molecule has 1 amide bonds. The molecule has 4 rings (SSSR count). The minimum Gasteiger partial charge on any atom is -0.295 e. The van der Waals surface area contributed by atoms with Crippen LogP contribution in [0.2, 0.25) is 0 Å². The number of pyridine rings is 1. The summed E-state index contributed by atoms with van der Waals surface area (Å²) in [5.41, 5.74) is 8.07. The Hall–Kier alpha value is -2.95. The molecule has 2 aromatic heterocycles. The fraction of sp³-hybridized carbons (Fsp3) is 0.211. The minimum atomic E-state index is -0.234. The predicted molar refractivity (Wildman–Crippen MR) is 93.3 cm³/mol. The number of benzene rings is 1. The number of imidazole rings is 1. The molecule has 3 aromatic rings. The predicted octanol–water partition coefficient (Wildman–Crippen LogP) is 3.11. The minimum absolute atomic E-state index is 0.234. The number of amides is 1. The van der Waals surface area contributed by atoms with Crippen LogP contribution >= 0.6 is 0 Å². The van der Waals surface area contributed by atoms with Gasteiger partial charge in [0.1, 0.15) is 11.3 Å². The van der Waals surface area contributed by atoms with Gasteiger partial charge in [0.25, 0.3) is 5.91 Å². The molecule has 0 radical (unpaired) electrons. The van der Waals surface area contributed by atoms with Crippen LogP contribution in [0.3, 0.4) is 0 Å². The van der Waals surface area contributed by atoms with Crippen molar-refractivity contribution >= 4 is 17.3 Å². The highest BCUT2D eigenvalue weighted by Crippen LogP contribution is 2.21. The van der Waals surface area contributed by atoms with Gasteiger partial charge in [-0.2, -0.15) is 5.10 Å². The van der Waals surface area contributed by atoms with Crippen LogP contribution in [0.4, 0.5) is 0 Å². The average Bonchev–Trinajstić information content (AvgIpc) is 2.95. The Morgan fingerprint density at radius 3 is 2.92 bits per heavy atom. The monoisotopic (exact) mass is 318 g/mol. The zero-order valence-electron chi connectivity index (χ0n) is 13.5. The van der Waals surface area contributed by atoms with E-state index in [0.29, 0.717) is 11.4 Å². The fourth-order valence-electron chi connectivity index (χ4n) is 3.28. The second-order valence-electron chi connectivity index (χ2n) is 5.98. The van der Waals surface area contributed by atoms with E-state index in [0.717, 1.165) is 36.2 Å². The molecule has 0 unspecified atom stereocenters. The molecule has 0 saturated heterocycles. The second kappa shape index (κ2) is 5.92. The van der Waals surface area contributed by atoms with E-state index < -0.39 is 0 Å². The van der Waals surface area contributed by atoms with Gasteiger partial charge in [-0.1, -0.05) is 30.3 Å². The topological polar surface area (TPSA) is 58.8 Å². The smallest absolute Gasteiger partial charge is 0.290 e. The number of hydrogen-bond acceptors (Lipinski definition) is 3. The second-order valence-corrected chi connectivity index (χ2v) is 5.98. The molecular weight excluding hydrogens is 300 g/mol. The van der Waals surface area contributed by atoms with Gasteiger partial charge in [-0.3, -0.25) is 9.20 Å². The molecule has 2 heterocycles. The standard InChI is InChI=1S/C19H18N4O/c1-13-18(23-12-5-4-11-17(23)20-13)19(24)22-21-16-10-6-8-14-7-2-3-9-15(14)16/h2-5,7,9,11-12H,6,8,10H2,1H3,(H,22,24)/b21-16-. The van der Waals surface area contributed by atoms with Gasteiger partial charge in [-0.15, -0.1) is 0 Å². The van der Waals surface area contributed by atoms with Gasteiger partial charge in [-0.25, -0.2) is 10.4 Å².